The maximum atomic E-state index is 13.5. The van der Waals surface area contributed by atoms with Crippen LogP contribution in [-0.4, -0.2) is 28.9 Å². The fourth-order valence-electron chi connectivity index (χ4n) is 4.91. The van der Waals surface area contributed by atoms with Crippen LogP contribution in [0.15, 0.2) is 76.8 Å². The zero-order chi connectivity index (χ0) is 26.4. The molecule has 0 unspecified atom stereocenters. The van der Waals surface area contributed by atoms with Crippen LogP contribution in [0.5, 0.6) is 0 Å². The molecule has 4 aromatic heterocycles. The molecule has 0 bridgehead atoms. The average Bonchev–Trinajstić information content (AvgIpc) is 3.51. The summed E-state index contributed by atoms with van der Waals surface area (Å²) in [6.07, 6.45) is 4.61. The van der Waals surface area contributed by atoms with Gasteiger partial charge in [0.2, 0.25) is 0 Å². The Morgan fingerprint density at radius 3 is 2.50 bits per heavy atom. The monoisotopic (exact) mass is 520 g/mol. The molecule has 0 saturated heterocycles. The molecule has 1 saturated carbocycles. The van der Waals surface area contributed by atoms with Crippen molar-refractivity contribution in [3.63, 3.8) is 0 Å². The summed E-state index contributed by atoms with van der Waals surface area (Å²) >= 11 is 0. The predicted molar refractivity (Wildman–Crippen MR) is 135 cm³/mol. The minimum atomic E-state index is -4.47. The SMILES string of the molecule is O=c1c2[nH]c(-c3cnn(Cc4ccccc4C(F)(F)F)c3)cc2n(C2CCC2)c(=O)n1Cc1ccncc1. The van der Waals surface area contributed by atoms with Gasteiger partial charge in [-0.05, 0) is 54.7 Å². The van der Waals surface area contributed by atoms with Crippen LogP contribution in [0.1, 0.15) is 42.0 Å². The number of pyridine rings is 1. The maximum Gasteiger partial charge on any atom is 0.416 e. The third kappa shape index (κ3) is 4.23. The molecule has 1 fully saturated rings. The molecule has 4 heterocycles. The van der Waals surface area contributed by atoms with E-state index in [1.54, 1.807) is 47.4 Å². The third-order valence-corrected chi connectivity index (χ3v) is 7.08. The molecule has 1 aliphatic carbocycles. The van der Waals surface area contributed by atoms with Crippen molar-refractivity contribution in [2.75, 3.05) is 0 Å². The molecule has 1 aromatic carbocycles. The Labute approximate surface area is 214 Å². The van der Waals surface area contributed by atoms with Gasteiger partial charge < -0.3 is 4.98 Å². The summed E-state index contributed by atoms with van der Waals surface area (Å²) in [5.74, 6) is 0. The van der Waals surface area contributed by atoms with Crippen LogP contribution in [0.25, 0.3) is 22.3 Å². The zero-order valence-corrected chi connectivity index (χ0v) is 20.2. The molecule has 11 heteroatoms. The fourth-order valence-corrected chi connectivity index (χ4v) is 4.91. The van der Waals surface area contributed by atoms with Crippen molar-refractivity contribution >= 4 is 11.0 Å². The van der Waals surface area contributed by atoms with Crippen LogP contribution in [0, 0.1) is 0 Å². The van der Waals surface area contributed by atoms with Crippen LogP contribution >= 0.6 is 0 Å². The first-order valence-corrected chi connectivity index (χ1v) is 12.2. The van der Waals surface area contributed by atoms with E-state index in [4.69, 9.17) is 0 Å². The van der Waals surface area contributed by atoms with Crippen molar-refractivity contribution in [2.45, 2.75) is 44.6 Å². The number of H-pyrrole nitrogens is 1. The van der Waals surface area contributed by atoms with Crippen molar-refractivity contribution in [1.29, 1.82) is 0 Å². The Morgan fingerprint density at radius 1 is 1.03 bits per heavy atom. The largest absolute Gasteiger partial charge is 0.416 e. The highest BCUT2D eigenvalue weighted by atomic mass is 19.4. The van der Waals surface area contributed by atoms with Crippen molar-refractivity contribution < 1.29 is 13.2 Å². The van der Waals surface area contributed by atoms with Gasteiger partial charge in [-0.2, -0.15) is 18.3 Å². The summed E-state index contributed by atoms with van der Waals surface area (Å²) in [6, 6.07) is 10.7. The molecule has 0 aliphatic heterocycles. The maximum absolute atomic E-state index is 13.5. The molecule has 0 spiro atoms. The van der Waals surface area contributed by atoms with Gasteiger partial charge in [0.1, 0.15) is 5.52 Å². The molecule has 6 rings (SSSR count). The first-order chi connectivity index (χ1) is 18.3. The van der Waals surface area contributed by atoms with E-state index >= 15 is 0 Å². The van der Waals surface area contributed by atoms with Gasteiger partial charge in [0.25, 0.3) is 5.56 Å². The first kappa shape index (κ1) is 24.0. The fraction of sp³-hybridized carbons (Fsp3) is 0.259. The number of aromatic nitrogens is 6. The molecule has 194 valence electrons. The molecule has 0 radical (unpaired) electrons. The summed E-state index contributed by atoms with van der Waals surface area (Å²) < 4.78 is 44.6. The van der Waals surface area contributed by atoms with Gasteiger partial charge in [-0.25, -0.2) is 4.79 Å². The van der Waals surface area contributed by atoms with E-state index in [0.29, 0.717) is 22.3 Å². The van der Waals surface area contributed by atoms with Gasteiger partial charge in [0.15, 0.2) is 0 Å². The number of hydrogen-bond acceptors (Lipinski definition) is 4. The minimum absolute atomic E-state index is 0.000432. The second-order valence-corrected chi connectivity index (χ2v) is 9.51. The highest BCUT2D eigenvalue weighted by molar-refractivity contribution is 5.82. The molecular weight excluding hydrogens is 497 g/mol. The van der Waals surface area contributed by atoms with Gasteiger partial charge in [-0.3, -0.25) is 23.6 Å². The topological polar surface area (TPSA) is 90.5 Å². The first-order valence-electron chi connectivity index (χ1n) is 12.2. The van der Waals surface area contributed by atoms with E-state index in [9.17, 15) is 22.8 Å². The molecule has 0 amide bonds. The smallest absolute Gasteiger partial charge is 0.349 e. The normalized spacial score (nSPS) is 14.2. The quantitative estimate of drug-likeness (QED) is 0.355. The van der Waals surface area contributed by atoms with Crippen LogP contribution in [0.4, 0.5) is 13.2 Å². The molecular formula is C27H23F3N6O2. The van der Waals surface area contributed by atoms with E-state index in [1.165, 1.54) is 27.6 Å². The van der Waals surface area contributed by atoms with Crippen molar-refractivity contribution in [3.05, 3.63) is 105 Å². The second kappa shape index (κ2) is 9.16. The summed E-state index contributed by atoms with van der Waals surface area (Å²) in [4.78, 5) is 34.1. The van der Waals surface area contributed by atoms with Crippen LogP contribution in [0.2, 0.25) is 0 Å². The Kier molecular flexibility index (Phi) is 5.77. The number of nitrogens with zero attached hydrogens (tertiary/aromatic N) is 5. The van der Waals surface area contributed by atoms with Crippen molar-refractivity contribution in [1.82, 2.24) is 28.9 Å². The molecule has 8 nitrogen and oxygen atoms in total. The summed E-state index contributed by atoms with van der Waals surface area (Å²) in [6.45, 7) is 0.0508. The molecule has 5 aromatic rings. The lowest BCUT2D eigenvalue weighted by Crippen LogP contribution is -2.42. The molecule has 1 N–H and O–H groups in total. The van der Waals surface area contributed by atoms with Gasteiger partial charge >= 0.3 is 11.9 Å². The third-order valence-electron chi connectivity index (χ3n) is 7.08. The van der Waals surface area contributed by atoms with Gasteiger partial charge in [-0.15, -0.1) is 0 Å². The Balaban J connectivity index is 1.40. The summed E-state index contributed by atoms with van der Waals surface area (Å²) in [5.41, 5.74) is 1.35. The van der Waals surface area contributed by atoms with Gasteiger partial charge in [0, 0.05) is 30.2 Å². The lowest BCUT2D eigenvalue weighted by Gasteiger charge is -2.28. The number of alkyl halides is 3. The summed E-state index contributed by atoms with van der Waals surface area (Å²) in [5, 5.41) is 4.25. The lowest BCUT2D eigenvalue weighted by molar-refractivity contribution is -0.138. The van der Waals surface area contributed by atoms with Crippen molar-refractivity contribution in [3.8, 4) is 11.3 Å². The number of halogens is 3. The van der Waals surface area contributed by atoms with Crippen LogP contribution < -0.4 is 11.2 Å². The van der Waals surface area contributed by atoms with E-state index in [2.05, 4.69) is 15.1 Å². The number of aromatic amines is 1. The Bertz CT molecular complexity index is 1740. The molecule has 0 atom stereocenters. The van der Waals surface area contributed by atoms with E-state index < -0.39 is 17.3 Å². The average molecular weight is 521 g/mol. The van der Waals surface area contributed by atoms with Crippen LogP contribution in [0.3, 0.4) is 0 Å². The number of fused-ring (bicyclic) bond motifs is 1. The molecule has 38 heavy (non-hydrogen) atoms. The molecule has 1 aliphatic rings. The number of nitrogens with one attached hydrogen (secondary N) is 1. The standard InChI is InChI=1S/C27H23F3N6O2/c28-27(29,30)21-7-2-1-4-18(21)15-34-16-19(13-32-34)22-12-23-24(33-22)25(37)35(14-17-8-10-31-11-9-17)26(38)36(23)20-5-3-6-20/h1-2,4,7-13,16,20,33H,3,5-6,14-15H2. The zero-order valence-electron chi connectivity index (χ0n) is 20.2. The van der Waals surface area contributed by atoms with Crippen molar-refractivity contribution in [2.24, 2.45) is 0 Å². The van der Waals surface area contributed by atoms with Crippen LogP contribution in [-0.2, 0) is 19.3 Å². The Hall–Kier alpha value is -4.41. The predicted octanol–water partition coefficient (Wildman–Crippen LogP) is 4.59. The van der Waals surface area contributed by atoms with Gasteiger partial charge in [-0.1, -0.05) is 18.2 Å². The second-order valence-electron chi connectivity index (χ2n) is 9.51. The summed E-state index contributed by atoms with van der Waals surface area (Å²) in [7, 11) is 0. The number of rotatable bonds is 6. The number of benzene rings is 1. The number of hydrogen-bond donors (Lipinski definition) is 1. The highest BCUT2D eigenvalue weighted by Crippen LogP contribution is 2.34. The van der Waals surface area contributed by atoms with E-state index in [1.807, 2.05) is 0 Å². The van der Waals surface area contributed by atoms with E-state index in [-0.39, 0.29) is 30.4 Å². The highest BCUT2D eigenvalue weighted by Gasteiger charge is 2.33. The lowest BCUT2D eigenvalue weighted by atomic mass is 9.92. The minimum Gasteiger partial charge on any atom is -0.349 e. The Morgan fingerprint density at radius 2 is 1.79 bits per heavy atom. The van der Waals surface area contributed by atoms with Gasteiger partial charge in [0.05, 0.1) is 36.1 Å². The van der Waals surface area contributed by atoms with E-state index in [0.717, 1.165) is 30.9 Å².